The molecule has 1 aliphatic carbocycles. The summed E-state index contributed by atoms with van der Waals surface area (Å²) in [5.41, 5.74) is 6.46. The topological polar surface area (TPSA) is 35.7 Å². The van der Waals surface area contributed by atoms with Crippen LogP contribution in [0.2, 0.25) is 0 Å². The maximum atomic E-state index is 6.46. The first-order valence-corrected chi connectivity index (χ1v) is 8.34. The molecule has 1 saturated carbocycles. The summed E-state index contributed by atoms with van der Waals surface area (Å²) in [5, 5.41) is 0. The van der Waals surface area contributed by atoms with Gasteiger partial charge >= 0.3 is 0 Å². The summed E-state index contributed by atoms with van der Waals surface area (Å²) in [6.45, 7) is 11.9. The molecule has 0 bridgehead atoms. The molecule has 0 aromatic heterocycles. The lowest BCUT2D eigenvalue weighted by Crippen LogP contribution is -2.60. The molecule has 0 radical (unpaired) electrons. The van der Waals surface area contributed by atoms with E-state index < -0.39 is 0 Å². The minimum absolute atomic E-state index is 0.377. The van der Waals surface area contributed by atoms with Gasteiger partial charge in [0.25, 0.3) is 0 Å². The number of likely N-dealkylation sites (N-methyl/N-ethyl adjacent to an activating group) is 1. The fourth-order valence-electron chi connectivity index (χ4n) is 4.15. The molecule has 0 aromatic carbocycles. The summed E-state index contributed by atoms with van der Waals surface area (Å²) in [7, 11) is 4.31. The Hall–Kier alpha value is -0.160. The highest BCUT2D eigenvalue weighted by molar-refractivity contribution is 4.93. The molecule has 20 heavy (non-hydrogen) atoms. The maximum absolute atomic E-state index is 6.46. The van der Waals surface area contributed by atoms with Gasteiger partial charge in [0, 0.05) is 51.4 Å². The molecule has 4 atom stereocenters. The molecular formula is C16H34N4. The van der Waals surface area contributed by atoms with Crippen LogP contribution in [-0.4, -0.2) is 80.1 Å². The molecule has 1 heterocycles. The van der Waals surface area contributed by atoms with Crippen molar-refractivity contribution in [3.63, 3.8) is 0 Å². The smallest absolute Gasteiger partial charge is 0.0274 e. The van der Waals surface area contributed by atoms with E-state index >= 15 is 0 Å². The van der Waals surface area contributed by atoms with E-state index in [0.29, 0.717) is 12.1 Å². The first-order valence-electron chi connectivity index (χ1n) is 8.34. The number of hydrogen-bond acceptors (Lipinski definition) is 4. The van der Waals surface area contributed by atoms with Crippen molar-refractivity contribution in [1.82, 2.24) is 14.7 Å². The van der Waals surface area contributed by atoms with Crippen LogP contribution in [0, 0.1) is 11.8 Å². The van der Waals surface area contributed by atoms with Gasteiger partial charge in [-0.25, -0.2) is 0 Å². The van der Waals surface area contributed by atoms with Gasteiger partial charge in [-0.15, -0.1) is 0 Å². The Bertz CT molecular complexity index is 274. The fourth-order valence-corrected chi connectivity index (χ4v) is 4.15. The third-order valence-corrected chi connectivity index (χ3v) is 5.16. The Morgan fingerprint density at radius 1 is 1.05 bits per heavy atom. The summed E-state index contributed by atoms with van der Waals surface area (Å²) >= 11 is 0. The molecule has 0 amide bonds. The van der Waals surface area contributed by atoms with Crippen LogP contribution in [0.3, 0.4) is 0 Å². The third kappa shape index (κ3) is 4.17. The van der Waals surface area contributed by atoms with E-state index in [1.807, 2.05) is 0 Å². The predicted molar refractivity (Wildman–Crippen MR) is 85.9 cm³/mol. The summed E-state index contributed by atoms with van der Waals surface area (Å²) < 4.78 is 0. The highest BCUT2D eigenvalue weighted by Crippen LogP contribution is 2.31. The van der Waals surface area contributed by atoms with Gasteiger partial charge in [0.2, 0.25) is 0 Å². The molecule has 2 rings (SSSR count). The van der Waals surface area contributed by atoms with Crippen LogP contribution in [0.4, 0.5) is 0 Å². The van der Waals surface area contributed by atoms with Crippen molar-refractivity contribution in [2.75, 3.05) is 53.4 Å². The van der Waals surface area contributed by atoms with Crippen molar-refractivity contribution >= 4 is 0 Å². The summed E-state index contributed by atoms with van der Waals surface area (Å²) in [5.74, 6) is 1.56. The molecular weight excluding hydrogens is 248 g/mol. The highest BCUT2D eigenvalue weighted by Gasteiger charge is 2.36. The first-order chi connectivity index (χ1) is 9.47. The molecule has 2 N–H and O–H groups in total. The number of hydrogen-bond donors (Lipinski definition) is 1. The van der Waals surface area contributed by atoms with E-state index in [-0.39, 0.29) is 0 Å². The second-order valence-electron chi connectivity index (χ2n) is 7.39. The fraction of sp³-hybridized carbons (Fsp3) is 1.00. The SMILES string of the molecule is CC1CC(C)C(N2CCN(CCN(C)C)CC2)C(N)C1. The van der Waals surface area contributed by atoms with Crippen LogP contribution in [0.5, 0.6) is 0 Å². The molecule has 4 unspecified atom stereocenters. The monoisotopic (exact) mass is 282 g/mol. The Kier molecular flexibility index (Phi) is 5.84. The van der Waals surface area contributed by atoms with Crippen LogP contribution >= 0.6 is 0 Å². The van der Waals surface area contributed by atoms with Gasteiger partial charge < -0.3 is 10.6 Å². The minimum atomic E-state index is 0.377. The minimum Gasteiger partial charge on any atom is -0.326 e. The molecule has 118 valence electrons. The Balaban J connectivity index is 1.81. The number of rotatable bonds is 4. The Morgan fingerprint density at radius 2 is 1.70 bits per heavy atom. The average Bonchev–Trinajstić information content (AvgIpc) is 2.36. The van der Waals surface area contributed by atoms with E-state index in [0.717, 1.165) is 18.4 Å². The lowest BCUT2D eigenvalue weighted by molar-refractivity contribution is 0.0317. The zero-order valence-corrected chi connectivity index (χ0v) is 13.9. The number of nitrogens with zero attached hydrogens (tertiary/aromatic N) is 3. The molecule has 0 aromatic rings. The second kappa shape index (κ2) is 7.21. The largest absolute Gasteiger partial charge is 0.326 e. The van der Waals surface area contributed by atoms with Gasteiger partial charge in [0.15, 0.2) is 0 Å². The van der Waals surface area contributed by atoms with Gasteiger partial charge in [-0.05, 0) is 38.8 Å². The second-order valence-corrected chi connectivity index (χ2v) is 7.39. The van der Waals surface area contributed by atoms with E-state index in [4.69, 9.17) is 5.73 Å². The van der Waals surface area contributed by atoms with Gasteiger partial charge in [0.05, 0.1) is 0 Å². The highest BCUT2D eigenvalue weighted by atomic mass is 15.3. The zero-order valence-electron chi connectivity index (χ0n) is 13.9. The van der Waals surface area contributed by atoms with Crippen LogP contribution in [0.1, 0.15) is 26.7 Å². The van der Waals surface area contributed by atoms with E-state index in [1.54, 1.807) is 0 Å². The molecule has 2 aliphatic rings. The zero-order chi connectivity index (χ0) is 14.7. The number of piperazine rings is 1. The lowest BCUT2D eigenvalue weighted by atomic mass is 9.76. The summed E-state index contributed by atoms with van der Waals surface area (Å²) in [4.78, 5) is 7.54. The van der Waals surface area contributed by atoms with Gasteiger partial charge in [0.1, 0.15) is 0 Å². The molecule has 4 heteroatoms. The van der Waals surface area contributed by atoms with Crippen LogP contribution in [-0.2, 0) is 0 Å². The predicted octanol–water partition coefficient (Wildman–Crippen LogP) is 0.928. The van der Waals surface area contributed by atoms with Gasteiger partial charge in [-0.2, -0.15) is 0 Å². The third-order valence-electron chi connectivity index (χ3n) is 5.16. The van der Waals surface area contributed by atoms with Crippen LogP contribution < -0.4 is 5.73 Å². The van der Waals surface area contributed by atoms with Crippen LogP contribution in [0.15, 0.2) is 0 Å². The summed E-state index contributed by atoms with van der Waals surface area (Å²) in [6, 6.07) is 0.990. The Labute approximate surface area is 125 Å². The van der Waals surface area contributed by atoms with Crippen molar-refractivity contribution in [2.45, 2.75) is 38.8 Å². The normalized spacial score (nSPS) is 37.5. The molecule has 0 spiro atoms. The van der Waals surface area contributed by atoms with Crippen molar-refractivity contribution < 1.29 is 0 Å². The molecule has 1 aliphatic heterocycles. The van der Waals surface area contributed by atoms with Crippen molar-refractivity contribution in [3.05, 3.63) is 0 Å². The lowest BCUT2D eigenvalue weighted by Gasteiger charge is -2.47. The van der Waals surface area contributed by atoms with E-state index in [9.17, 15) is 0 Å². The molecule has 1 saturated heterocycles. The van der Waals surface area contributed by atoms with Crippen molar-refractivity contribution in [2.24, 2.45) is 17.6 Å². The summed E-state index contributed by atoms with van der Waals surface area (Å²) in [6.07, 6.45) is 2.55. The van der Waals surface area contributed by atoms with Crippen LogP contribution in [0.25, 0.3) is 0 Å². The maximum Gasteiger partial charge on any atom is 0.0274 e. The van der Waals surface area contributed by atoms with E-state index in [2.05, 4.69) is 42.6 Å². The van der Waals surface area contributed by atoms with E-state index in [1.165, 1.54) is 45.6 Å². The number of nitrogens with two attached hydrogens (primary N) is 1. The van der Waals surface area contributed by atoms with Crippen molar-refractivity contribution in [1.29, 1.82) is 0 Å². The first kappa shape index (κ1) is 16.2. The van der Waals surface area contributed by atoms with Crippen molar-refractivity contribution in [3.8, 4) is 0 Å². The van der Waals surface area contributed by atoms with Gasteiger partial charge in [-0.3, -0.25) is 9.80 Å². The standard InChI is InChI=1S/C16H34N4/c1-13-11-14(2)16(15(17)12-13)20-9-7-19(8-10-20)6-5-18(3)4/h13-16H,5-12,17H2,1-4H3. The Morgan fingerprint density at radius 3 is 2.25 bits per heavy atom. The molecule has 4 nitrogen and oxygen atoms in total. The quantitative estimate of drug-likeness (QED) is 0.832. The average molecular weight is 282 g/mol. The molecule has 2 fully saturated rings. The van der Waals surface area contributed by atoms with Gasteiger partial charge in [-0.1, -0.05) is 13.8 Å².